The molecule has 64 heavy (non-hydrogen) atoms. The van der Waals surface area contributed by atoms with Crippen molar-refractivity contribution in [2.24, 2.45) is 0 Å². The van der Waals surface area contributed by atoms with E-state index in [4.69, 9.17) is 0 Å². The maximum absolute atomic E-state index is 2.43. The molecule has 0 bridgehead atoms. The maximum atomic E-state index is 2.43. The molecule has 0 radical (unpaired) electrons. The highest BCUT2D eigenvalue weighted by Gasteiger charge is 2.37. The summed E-state index contributed by atoms with van der Waals surface area (Å²) in [5, 5.41) is 7.57. The lowest BCUT2D eigenvalue weighted by Gasteiger charge is -2.29. The minimum absolute atomic E-state index is 0.106. The van der Waals surface area contributed by atoms with Gasteiger partial charge in [0.2, 0.25) is 0 Å². The van der Waals surface area contributed by atoms with E-state index in [1.807, 2.05) is 0 Å². The molecule has 0 N–H and O–H groups in total. The lowest BCUT2D eigenvalue weighted by atomic mass is 9.79. The van der Waals surface area contributed by atoms with Crippen LogP contribution in [0, 0.1) is 0 Å². The number of fused-ring (bicyclic) bond motifs is 7. The van der Waals surface area contributed by atoms with Gasteiger partial charge in [0.25, 0.3) is 0 Å². The third-order valence-corrected chi connectivity index (χ3v) is 13.6. The second-order valence-corrected chi connectivity index (χ2v) is 17.6. The van der Waals surface area contributed by atoms with Gasteiger partial charge in [0, 0.05) is 22.4 Å². The van der Waals surface area contributed by atoms with Crippen LogP contribution in [0.2, 0.25) is 0 Å². The topological polar surface area (TPSA) is 3.24 Å². The van der Waals surface area contributed by atoms with Gasteiger partial charge in [-0.2, -0.15) is 0 Å². The van der Waals surface area contributed by atoms with E-state index >= 15 is 0 Å². The molecule has 0 heterocycles. The predicted molar refractivity (Wildman–Crippen MR) is 273 cm³/mol. The molecule has 1 nitrogen and oxygen atoms in total. The van der Waals surface area contributed by atoms with Crippen LogP contribution in [0.15, 0.2) is 237 Å². The van der Waals surface area contributed by atoms with Gasteiger partial charge in [0.05, 0.1) is 5.69 Å². The van der Waals surface area contributed by atoms with Crippen molar-refractivity contribution in [3.63, 3.8) is 0 Å². The first kappa shape index (κ1) is 37.7. The normalized spacial score (nSPS) is 12.7. The largest absolute Gasteiger partial charge is 0.310 e. The average Bonchev–Trinajstić information content (AvgIpc) is 3.60. The lowest BCUT2D eigenvalue weighted by molar-refractivity contribution is 0.662. The van der Waals surface area contributed by atoms with Crippen LogP contribution in [-0.4, -0.2) is 0 Å². The molecule has 11 aromatic rings. The zero-order chi connectivity index (χ0) is 42.8. The van der Waals surface area contributed by atoms with E-state index in [2.05, 4.69) is 255 Å². The van der Waals surface area contributed by atoms with Crippen LogP contribution in [0.1, 0.15) is 25.0 Å². The molecular weight excluding hydrogens is 771 g/mol. The van der Waals surface area contributed by atoms with Crippen molar-refractivity contribution in [1.82, 2.24) is 0 Å². The molecule has 11 aromatic carbocycles. The molecule has 1 aliphatic carbocycles. The van der Waals surface area contributed by atoms with Crippen LogP contribution < -0.4 is 4.90 Å². The number of hydrogen-bond donors (Lipinski definition) is 0. The third kappa shape index (κ3) is 6.15. The van der Waals surface area contributed by atoms with Crippen molar-refractivity contribution in [2.45, 2.75) is 19.3 Å². The Morgan fingerprint density at radius 2 is 0.797 bits per heavy atom. The van der Waals surface area contributed by atoms with Gasteiger partial charge >= 0.3 is 0 Å². The molecule has 0 saturated carbocycles. The summed E-state index contributed by atoms with van der Waals surface area (Å²) in [7, 11) is 0. The molecule has 0 aliphatic heterocycles. The van der Waals surface area contributed by atoms with Crippen LogP contribution in [0.25, 0.3) is 88.0 Å². The van der Waals surface area contributed by atoms with Crippen LogP contribution in [0.4, 0.5) is 17.1 Å². The Kier molecular flexibility index (Phi) is 8.91. The molecule has 0 aromatic heterocycles. The van der Waals surface area contributed by atoms with Gasteiger partial charge in [-0.25, -0.2) is 0 Å². The summed E-state index contributed by atoms with van der Waals surface area (Å²) in [5.41, 5.74) is 18.4. The molecule has 302 valence electrons. The van der Waals surface area contributed by atoms with Crippen molar-refractivity contribution in [2.75, 3.05) is 4.90 Å². The SMILES string of the molecule is CC1(C)c2ccccc2-c2cccc(-c3ccc(N(c4ccc(-c5cc6ccccc6c6ccccc56)cc4)c4ccccc4-c4cccc(-c5cccc6ccccc56)c4)cc3)c21. The Labute approximate surface area is 375 Å². The first-order valence-corrected chi connectivity index (χ1v) is 22.3. The Morgan fingerprint density at radius 3 is 1.56 bits per heavy atom. The Hall–Kier alpha value is -8.00. The predicted octanol–water partition coefficient (Wildman–Crippen LogP) is 17.6. The second-order valence-electron chi connectivity index (χ2n) is 17.6. The highest BCUT2D eigenvalue weighted by atomic mass is 15.1. The van der Waals surface area contributed by atoms with Gasteiger partial charge in [0.1, 0.15) is 0 Å². The highest BCUT2D eigenvalue weighted by molar-refractivity contribution is 6.14. The van der Waals surface area contributed by atoms with Gasteiger partial charge in [-0.15, -0.1) is 0 Å². The van der Waals surface area contributed by atoms with E-state index < -0.39 is 0 Å². The summed E-state index contributed by atoms with van der Waals surface area (Å²) in [6, 6.07) is 87.1. The molecule has 0 spiro atoms. The van der Waals surface area contributed by atoms with Gasteiger partial charge in [-0.05, 0) is 136 Å². The number of anilines is 3. The van der Waals surface area contributed by atoms with Gasteiger partial charge in [0.15, 0.2) is 0 Å². The van der Waals surface area contributed by atoms with Gasteiger partial charge in [-0.3, -0.25) is 0 Å². The molecule has 0 atom stereocenters. The zero-order valence-electron chi connectivity index (χ0n) is 36.0. The minimum Gasteiger partial charge on any atom is -0.310 e. The van der Waals surface area contributed by atoms with Crippen molar-refractivity contribution in [3.05, 3.63) is 248 Å². The molecule has 0 fully saturated rings. The molecule has 0 saturated heterocycles. The van der Waals surface area contributed by atoms with E-state index in [1.54, 1.807) is 0 Å². The van der Waals surface area contributed by atoms with Crippen LogP contribution >= 0.6 is 0 Å². The summed E-state index contributed by atoms with van der Waals surface area (Å²) in [5.74, 6) is 0. The molecule has 0 unspecified atom stereocenters. The first-order valence-electron chi connectivity index (χ1n) is 22.3. The maximum Gasteiger partial charge on any atom is 0.0540 e. The molecule has 1 heteroatoms. The zero-order valence-corrected chi connectivity index (χ0v) is 36.0. The summed E-state index contributed by atoms with van der Waals surface area (Å²) in [6.45, 7) is 4.74. The second kappa shape index (κ2) is 15.1. The van der Waals surface area contributed by atoms with Crippen LogP contribution in [0.3, 0.4) is 0 Å². The summed E-state index contributed by atoms with van der Waals surface area (Å²) in [4.78, 5) is 2.43. The van der Waals surface area contributed by atoms with Crippen molar-refractivity contribution < 1.29 is 0 Å². The van der Waals surface area contributed by atoms with Gasteiger partial charge in [-0.1, -0.05) is 208 Å². The number of benzene rings is 11. The molecule has 1 aliphatic rings. The van der Waals surface area contributed by atoms with Gasteiger partial charge < -0.3 is 4.90 Å². The van der Waals surface area contributed by atoms with Crippen molar-refractivity contribution >= 4 is 49.4 Å². The molecule has 0 amide bonds. The average molecular weight is 816 g/mol. The Balaban J connectivity index is 1.000. The standard InChI is InChI=1S/C63H45N/c1-63(2)60-30-11-9-26-57(60)58-29-15-28-54(62(58)63)43-32-36-48(37-33-43)64(49-38-34-44(35-39-49)59-41-47-17-4-6-22-52(47)55-24-7-8-25-56(55)59)61-31-12-10-23-53(61)46-20-13-19-45(40-46)51-27-14-18-42-16-3-5-21-50(42)51/h3-41H,1-2H3. The minimum atomic E-state index is -0.106. The summed E-state index contributed by atoms with van der Waals surface area (Å²) in [6.07, 6.45) is 0. The number of rotatable bonds is 7. The van der Waals surface area contributed by atoms with E-state index in [9.17, 15) is 0 Å². The van der Waals surface area contributed by atoms with Crippen LogP contribution in [0.5, 0.6) is 0 Å². The van der Waals surface area contributed by atoms with E-state index in [1.165, 1.54) is 99.1 Å². The van der Waals surface area contributed by atoms with Crippen molar-refractivity contribution in [3.8, 4) is 55.6 Å². The highest BCUT2D eigenvalue weighted by Crippen LogP contribution is 2.52. The fraction of sp³-hybridized carbons (Fsp3) is 0.0476. The number of nitrogens with zero attached hydrogens (tertiary/aromatic N) is 1. The fourth-order valence-corrected chi connectivity index (χ4v) is 10.6. The quantitative estimate of drug-likeness (QED) is 0.145. The van der Waals surface area contributed by atoms with Crippen LogP contribution in [-0.2, 0) is 5.41 Å². The van der Waals surface area contributed by atoms with E-state index in [-0.39, 0.29) is 5.41 Å². The Bertz CT molecular complexity index is 3570. The molecular formula is C63H45N. The van der Waals surface area contributed by atoms with E-state index in [0.29, 0.717) is 0 Å². The summed E-state index contributed by atoms with van der Waals surface area (Å²) >= 11 is 0. The number of para-hydroxylation sites is 1. The third-order valence-electron chi connectivity index (χ3n) is 13.6. The van der Waals surface area contributed by atoms with E-state index in [0.717, 1.165) is 17.1 Å². The summed E-state index contributed by atoms with van der Waals surface area (Å²) < 4.78 is 0. The first-order chi connectivity index (χ1) is 31.5. The van der Waals surface area contributed by atoms with Crippen molar-refractivity contribution in [1.29, 1.82) is 0 Å². The lowest BCUT2D eigenvalue weighted by Crippen LogP contribution is -2.16. The monoisotopic (exact) mass is 815 g/mol. The smallest absolute Gasteiger partial charge is 0.0540 e. The molecule has 12 rings (SSSR count). The fourth-order valence-electron chi connectivity index (χ4n) is 10.6. The Morgan fingerprint density at radius 1 is 0.297 bits per heavy atom. The number of hydrogen-bond acceptors (Lipinski definition) is 1.